The molecule has 158 valence electrons. The van der Waals surface area contributed by atoms with Gasteiger partial charge in [0.2, 0.25) is 0 Å². The van der Waals surface area contributed by atoms with E-state index in [0.717, 1.165) is 26.3 Å². The van der Waals surface area contributed by atoms with Gasteiger partial charge in [0, 0.05) is 20.8 Å². The highest BCUT2D eigenvalue weighted by Gasteiger charge is 2.54. The summed E-state index contributed by atoms with van der Waals surface area (Å²) in [5.41, 5.74) is 0.741. The molecular formula is C19H21BrO9. The molecule has 0 aromatic heterocycles. The van der Waals surface area contributed by atoms with E-state index in [4.69, 9.17) is 23.7 Å². The highest BCUT2D eigenvalue weighted by Crippen LogP contribution is 2.32. The van der Waals surface area contributed by atoms with Crippen LogP contribution >= 0.6 is 15.9 Å². The first-order chi connectivity index (χ1) is 13.7. The number of carbonyl (C=O) groups is 4. The second-order valence-electron chi connectivity index (χ2n) is 6.22. The number of esters is 4. The summed E-state index contributed by atoms with van der Waals surface area (Å²) in [6, 6.07) is 8.93. The van der Waals surface area contributed by atoms with Crippen molar-refractivity contribution in [3.8, 4) is 0 Å². The summed E-state index contributed by atoms with van der Waals surface area (Å²) in [5, 5.41) is -1.02. The number of carbonyl (C=O) groups excluding carboxylic acids is 4. The molecule has 0 spiro atoms. The van der Waals surface area contributed by atoms with Crippen LogP contribution in [0.2, 0.25) is 0 Å². The Balaban J connectivity index is 2.26. The maximum atomic E-state index is 12.7. The Morgan fingerprint density at radius 3 is 1.93 bits per heavy atom. The lowest BCUT2D eigenvalue weighted by atomic mass is 9.99. The second kappa shape index (κ2) is 10.4. The van der Waals surface area contributed by atoms with Crippen molar-refractivity contribution in [3.05, 3.63) is 35.9 Å². The van der Waals surface area contributed by atoms with Crippen LogP contribution in [0.4, 0.5) is 0 Å². The molecule has 1 aliphatic rings. The maximum absolute atomic E-state index is 12.7. The van der Waals surface area contributed by atoms with Crippen LogP contribution in [0.1, 0.15) is 26.3 Å². The van der Waals surface area contributed by atoms with Gasteiger partial charge in [-0.1, -0.05) is 46.3 Å². The summed E-state index contributed by atoms with van der Waals surface area (Å²) in [6.45, 7) is 3.38. The highest BCUT2D eigenvalue weighted by molar-refractivity contribution is 9.09. The SMILES string of the molecule is CC(=O)O[C@@H]1[C@@H](OC(C)=O)[C@@H](Br)O[C@H](C(=O)OCc2ccccc2)[C@H]1OC(C)=O. The quantitative estimate of drug-likeness (QED) is 0.346. The van der Waals surface area contributed by atoms with Gasteiger partial charge in [-0.05, 0) is 5.56 Å². The van der Waals surface area contributed by atoms with Crippen molar-refractivity contribution in [2.24, 2.45) is 0 Å². The van der Waals surface area contributed by atoms with E-state index in [1.807, 2.05) is 6.07 Å². The van der Waals surface area contributed by atoms with Crippen molar-refractivity contribution in [2.45, 2.75) is 56.8 Å². The van der Waals surface area contributed by atoms with Crippen LogP contribution in [0.15, 0.2) is 30.3 Å². The van der Waals surface area contributed by atoms with Gasteiger partial charge in [0.05, 0.1) is 0 Å². The van der Waals surface area contributed by atoms with Crippen molar-refractivity contribution in [2.75, 3.05) is 0 Å². The van der Waals surface area contributed by atoms with Gasteiger partial charge in [0.1, 0.15) is 6.61 Å². The molecule has 0 unspecified atom stereocenters. The molecule has 5 atom stereocenters. The third-order valence-corrected chi connectivity index (χ3v) is 4.58. The molecule has 1 aliphatic heterocycles. The van der Waals surface area contributed by atoms with Crippen molar-refractivity contribution in [1.29, 1.82) is 0 Å². The largest absolute Gasteiger partial charge is 0.459 e. The zero-order chi connectivity index (χ0) is 21.6. The van der Waals surface area contributed by atoms with E-state index >= 15 is 0 Å². The minimum absolute atomic E-state index is 0.0368. The Morgan fingerprint density at radius 2 is 1.38 bits per heavy atom. The number of alkyl halides is 1. The molecule has 29 heavy (non-hydrogen) atoms. The molecular weight excluding hydrogens is 452 g/mol. The molecule has 1 heterocycles. The average molecular weight is 473 g/mol. The first-order valence-electron chi connectivity index (χ1n) is 8.70. The van der Waals surface area contributed by atoms with Gasteiger partial charge < -0.3 is 23.7 Å². The fraction of sp³-hybridized carbons (Fsp3) is 0.474. The predicted octanol–water partition coefficient (Wildman–Crippen LogP) is 1.64. The molecule has 1 aromatic rings. The van der Waals surface area contributed by atoms with E-state index < -0.39 is 53.3 Å². The Kier molecular flexibility index (Phi) is 8.15. The number of ether oxygens (including phenoxy) is 5. The topological polar surface area (TPSA) is 114 Å². The first-order valence-corrected chi connectivity index (χ1v) is 9.62. The zero-order valence-corrected chi connectivity index (χ0v) is 17.6. The van der Waals surface area contributed by atoms with E-state index in [1.165, 1.54) is 0 Å². The molecule has 9 nitrogen and oxygen atoms in total. The lowest BCUT2D eigenvalue weighted by molar-refractivity contribution is -0.235. The summed E-state index contributed by atoms with van der Waals surface area (Å²) in [5.74, 6) is -2.97. The minimum atomic E-state index is -1.41. The van der Waals surface area contributed by atoms with Gasteiger partial charge in [-0.15, -0.1) is 0 Å². The lowest BCUT2D eigenvalue weighted by Crippen LogP contribution is -2.62. The van der Waals surface area contributed by atoms with Gasteiger partial charge >= 0.3 is 23.9 Å². The van der Waals surface area contributed by atoms with Crippen molar-refractivity contribution in [1.82, 2.24) is 0 Å². The van der Waals surface area contributed by atoms with Crippen LogP contribution in [0.3, 0.4) is 0 Å². The minimum Gasteiger partial charge on any atom is -0.459 e. The molecule has 2 rings (SSSR count). The van der Waals surface area contributed by atoms with Gasteiger partial charge in [0.25, 0.3) is 0 Å². The zero-order valence-electron chi connectivity index (χ0n) is 16.0. The Labute approximate surface area is 175 Å². The van der Waals surface area contributed by atoms with Gasteiger partial charge in [-0.25, -0.2) is 4.79 Å². The van der Waals surface area contributed by atoms with Gasteiger partial charge in [0.15, 0.2) is 29.4 Å². The van der Waals surface area contributed by atoms with Gasteiger partial charge in [-0.2, -0.15) is 0 Å². The van der Waals surface area contributed by atoms with Crippen molar-refractivity contribution < 1.29 is 42.9 Å². The van der Waals surface area contributed by atoms with Crippen LogP contribution < -0.4 is 0 Å². The van der Waals surface area contributed by atoms with Crippen molar-refractivity contribution in [3.63, 3.8) is 0 Å². The molecule has 0 radical (unpaired) electrons. The predicted molar refractivity (Wildman–Crippen MR) is 100 cm³/mol. The van der Waals surface area contributed by atoms with Crippen LogP contribution in [-0.2, 0) is 49.5 Å². The number of halogens is 1. The van der Waals surface area contributed by atoms with E-state index in [0.29, 0.717) is 0 Å². The average Bonchev–Trinajstić information content (AvgIpc) is 2.64. The third kappa shape index (κ3) is 6.53. The molecule has 0 aliphatic carbocycles. The monoisotopic (exact) mass is 472 g/mol. The lowest BCUT2D eigenvalue weighted by Gasteiger charge is -2.41. The molecule has 0 N–H and O–H groups in total. The second-order valence-corrected chi connectivity index (χ2v) is 7.13. The number of benzene rings is 1. The standard InChI is InChI=1S/C19H21BrO9/c1-10(21)26-14-15(27-11(2)22)17(29-18(20)16(14)28-12(3)23)19(24)25-9-13-7-5-4-6-8-13/h4-8,14-18H,9H2,1-3H3/t14-,15-,16+,17-,18-/m0/s1. The van der Waals surface area contributed by atoms with E-state index in [2.05, 4.69) is 15.9 Å². The Hall–Kier alpha value is -2.46. The summed E-state index contributed by atoms with van der Waals surface area (Å²) in [4.78, 5) is 47.3. The summed E-state index contributed by atoms with van der Waals surface area (Å²) in [7, 11) is 0. The summed E-state index contributed by atoms with van der Waals surface area (Å²) >= 11 is 3.17. The van der Waals surface area contributed by atoms with Crippen molar-refractivity contribution >= 4 is 39.8 Å². The van der Waals surface area contributed by atoms with Crippen LogP contribution in [0.5, 0.6) is 0 Å². The van der Waals surface area contributed by atoms with Gasteiger partial charge in [-0.3, -0.25) is 14.4 Å². The number of rotatable bonds is 6. The first kappa shape index (κ1) is 22.8. The fourth-order valence-corrected chi connectivity index (χ4v) is 3.40. The van der Waals surface area contributed by atoms with Crippen LogP contribution in [0, 0.1) is 0 Å². The Morgan fingerprint density at radius 1 is 0.862 bits per heavy atom. The molecule has 0 saturated carbocycles. The molecule has 0 bridgehead atoms. The summed E-state index contributed by atoms with van der Waals surface area (Å²) in [6.07, 6.45) is -5.23. The summed E-state index contributed by atoms with van der Waals surface area (Å²) < 4.78 is 26.4. The number of hydrogen-bond donors (Lipinski definition) is 0. The number of hydrogen-bond acceptors (Lipinski definition) is 9. The van der Waals surface area contributed by atoms with Crippen LogP contribution in [0.25, 0.3) is 0 Å². The molecule has 1 fully saturated rings. The highest BCUT2D eigenvalue weighted by atomic mass is 79.9. The van der Waals surface area contributed by atoms with E-state index in [9.17, 15) is 19.2 Å². The normalized spacial score (nSPS) is 26.1. The molecule has 0 amide bonds. The maximum Gasteiger partial charge on any atom is 0.339 e. The molecule has 1 saturated heterocycles. The Bertz CT molecular complexity index is 751. The molecule has 10 heteroatoms. The van der Waals surface area contributed by atoms with Crippen LogP contribution in [-0.4, -0.2) is 53.3 Å². The smallest absolute Gasteiger partial charge is 0.339 e. The molecule has 1 aromatic carbocycles. The van der Waals surface area contributed by atoms with E-state index in [1.54, 1.807) is 24.3 Å². The van der Waals surface area contributed by atoms with E-state index in [-0.39, 0.29) is 6.61 Å². The third-order valence-electron chi connectivity index (χ3n) is 3.84. The fourth-order valence-electron chi connectivity index (χ4n) is 2.76.